The second-order valence-electron chi connectivity index (χ2n) is 8.92. The lowest BCUT2D eigenvalue weighted by molar-refractivity contribution is 0.0930. The molecule has 3 heterocycles. The van der Waals surface area contributed by atoms with Crippen molar-refractivity contribution in [2.75, 3.05) is 7.11 Å². The van der Waals surface area contributed by atoms with Crippen LogP contribution in [0.3, 0.4) is 0 Å². The molecule has 1 saturated carbocycles. The van der Waals surface area contributed by atoms with Gasteiger partial charge in [0.05, 0.1) is 18.2 Å². The Labute approximate surface area is 197 Å². The molecule has 1 aliphatic rings. The van der Waals surface area contributed by atoms with E-state index in [1.165, 1.54) is 0 Å². The van der Waals surface area contributed by atoms with Gasteiger partial charge in [-0.05, 0) is 84.5 Å². The fraction of sp³-hybridized carbons (Fsp3) is 0.179. The number of benzene rings is 2. The predicted molar refractivity (Wildman–Crippen MR) is 132 cm³/mol. The van der Waals surface area contributed by atoms with E-state index in [1.54, 1.807) is 19.4 Å². The van der Waals surface area contributed by atoms with Gasteiger partial charge in [-0.1, -0.05) is 12.1 Å². The molecule has 0 bridgehead atoms. The number of methoxy groups -OCH3 is 1. The van der Waals surface area contributed by atoms with Crippen LogP contribution in [0.5, 0.6) is 5.75 Å². The van der Waals surface area contributed by atoms with Crippen LogP contribution in [-0.2, 0) is 5.54 Å². The van der Waals surface area contributed by atoms with Gasteiger partial charge in [-0.25, -0.2) is 4.98 Å². The van der Waals surface area contributed by atoms with Crippen molar-refractivity contribution in [1.29, 1.82) is 0 Å². The summed E-state index contributed by atoms with van der Waals surface area (Å²) >= 11 is 0. The second-order valence-corrected chi connectivity index (χ2v) is 8.92. The first-order valence-electron chi connectivity index (χ1n) is 11.4. The lowest BCUT2D eigenvalue weighted by atomic mass is 9.93. The highest BCUT2D eigenvalue weighted by Crippen LogP contribution is 2.49. The third-order valence-corrected chi connectivity index (χ3v) is 6.75. The van der Waals surface area contributed by atoms with Crippen LogP contribution in [0, 0.1) is 6.92 Å². The van der Waals surface area contributed by atoms with Crippen molar-refractivity contribution >= 4 is 22.5 Å². The van der Waals surface area contributed by atoms with Crippen molar-refractivity contribution in [1.82, 2.24) is 19.7 Å². The summed E-state index contributed by atoms with van der Waals surface area (Å²) in [6.45, 7) is 1.94. The number of aryl methyl sites for hydroxylation is 1. The first-order valence-corrected chi connectivity index (χ1v) is 11.4. The van der Waals surface area contributed by atoms with Gasteiger partial charge in [-0.3, -0.25) is 9.78 Å². The van der Waals surface area contributed by atoms with Crippen LogP contribution in [0.15, 0.2) is 79.4 Å². The number of rotatable bonds is 5. The molecule has 1 aliphatic carbocycles. The predicted octanol–water partition coefficient (Wildman–Crippen LogP) is 5.29. The molecule has 6 rings (SSSR count). The number of aromatic nitrogens is 3. The number of carbonyl (C=O) groups is 1. The fourth-order valence-electron chi connectivity index (χ4n) is 4.68. The number of nitrogens with one attached hydrogen (secondary N) is 1. The van der Waals surface area contributed by atoms with Crippen molar-refractivity contribution < 1.29 is 9.53 Å². The van der Waals surface area contributed by atoms with Crippen molar-refractivity contribution in [3.63, 3.8) is 0 Å². The zero-order valence-electron chi connectivity index (χ0n) is 19.1. The highest BCUT2D eigenvalue weighted by atomic mass is 16.5. The van der Waals surface area contributed by atoms with Crippen LogP contribution < -0.4 is 10.1 Å². The van der Waals surface area contributed by atoms with Crippen LogP contribution >= 0.6 is 0 Å². The van der Waals surface area contributed by atoms with Crippen molar-refractivity contribution in [3.8, 4) is 16.9 Å². The number of pyridine rings is 2. The number of hydrogen-bond donors (Lipinski definition) is 1. The van der Waals surface area contributed by atoms with E-state index in [4.69, 9.17) is 4.74 Å². The number of amides is 1. The molecule has 0 unspecified atom stereocenters. The molecule has 0 saturated heterocycles. The Morgan fingerprint density at radius 3 is 2.74 bits per heavy atom. The number of ether oxygens (including phenoxy) is 1. The maximum atomic E-state index is 13.4. The molecule has 0 radical (unpaired) electrons. The van der Waals surface area contributed by atoms with Crippen LogP contribution in [0.25, 0.3) is 27.7 Å². The SMILES string of the molecule is COc1ccc(C)c(C(=O)NC2(c3cc(-c4ccc5nccn5c4)cc4ncccc34)CC2)c1. The average molecular weight is 449 g/mol. The first kappa shape index (κ1) is 20.4. The molecule has 1 fully saturated rings. The molecule has 6 nitrogen and oxygen atoms in total. The van der Waals surface area contributed by atoms with Crippen molar-refractivity contribution in [3.05, 3.63) is 96.1 Å². The molecule has 2 aromatic carbocycles. The molecule has 0 atom stereocenters. The molecule has 0 spiro atoms. The minimum atomic E-state index is -0.414. The Hall–Kier alpha value is -4.19. The van der Waals surface area contributed by atoms with Crippen LogP contribution in [0.2, 0.25) is 0 Å². The summed E-state index contributed by atoms with van der Waals surface area (Å²) in [4.78, 5) is 22.4. The molecule has 6 heteroatoms. The monoisotopic (exact) mass is 448 g/mol. The van der Waals surface area contributed by atoms with E-state index in [9.17, 15) is 4.79 Å². The van der Waals surface area contributed by atoms with Gasteiger partial charge in [0.2, 0.25) is 0 Å². The average Bonchev–Trinajstić information content (AvgIpc) is 3.48. The minimum Gasteiger partial charge on any atom is -0.497 e. The van der Waals surface area contributed by atoms with E-state index in [0.717, 1.165) is 51.6 Å². The lowest BCUT2D eigenvalue weighted by Gasteiger charge is -2.22. The Kier molecular flexibility index (Phi) is 4.62. The summed E-state index contributed by atoms with van der Waals surface area (Å²) < 4.78 is 7.35. The summed E-state index contributed by atoms with van der Waals surface area (Å²) in [6.07, 6.45) is 9.39. The van der Waals surface area contributed by atoms with Crippen molar-refractivity contribution in [2.24, 2.45) is 0 Å². The molecule has 5 aromatic rings. The van der Waals surface area contributed by atoms with Gasteiger partial charge in [-0.15, -0.1) is 0 Å². The number of carbonyl (C=O) groups excluding carboxylic acids is 1. The zero-order valence-corrected chi connectivity index (χ0v) is 19.1. The summed E-state index contributed by atoms with van der Waals surface area (Å²) in [5, 5.41) is 4.42. The standard InChI is InChI=1S/C28H24N4O2/c1-18-5-7-21(34-2)16-23(18)27(33)31-28(9-10-28)24-14-20(15-25-22(24)4-3-11-29-25)19-6-8-26-30-12-13-32(26)17-19/h3-8,11-17H,9-10H2,1-2H3,(H,31,33). The fourth-order valence-corrected chi connectivity index (χ4v) is 4.68. The normalized spacial score (nSPS) is 14.3. The Morgan fingerprint density at radius 1 is 1.03 bits per heavy atom. The zero-order chi connectivity index (χ0) is 23.3. The Balaban J connectivity index is 1.44. The lowest BCUT2D eigenvalue weighted by Crippen LogP contribution is -2.35. The summed E-state index contributed by atoms with van der Waals surface area (Å²) in [5.41, 5.74) is 6.20. The van der Waals surface area contributed by atoms with Crippen LogP contribution in [-0.4, -0.2) is 27.4 Å². The highest BCUT2D eigenvalue weighted by Gasteiger charge is 2.47. The number of hydrogen-bond acceptors (Lipinski definition) is 4. The van der Waals surface area contributed by atoms with Gasteiger partial charge in [0.15, 0.2) is 0 Å². The Bertz CT molecular complexity index is 1570. The van der Waals surface area contributed by atoms with Crippen LogP contribution in [0.1, 0.15) is 34.3 Å². The molecule has 168 valence electrons. The van der Waals surface area contributed by atoms with Crippen LogP contribution in [0.4, 0.5) is 0 Å². The van der Waals surface area contributed by atoms with Gasteiger partial charge >= 0.3 is 0 Å². The maximum absolute atomic E-state index is 13.4. The Morgan fingerprint density at radius 2 is 1.91 bits per heavy atom. The number of nitrogens with zero attached hydrogens (tertiary/aromatic N) is 3. The molecule has 34 heavy (non-hydrogen) atoms. The number of imidazole rings is 1. The highest BCUT2D eigenvalue weighted by molar-refractivity contribution is 5.98. The summed E-state index contributed by atoms with van der Waals surface area (Å²) in [7, 11) is 1.61. The largest absolute Gasteiger partial charge is 0.497 e. The van der Waals surface area contributed by atoms with Gasteiger partial charge < -0.3 is 14.5 Å². The minimum absolute atomic E-state index is 0.0869. The summed E-state index contributed by atoms with van der Waals surface area (Å²) in [6, 6.07) is 18.0. The van der Waals surface area contributed by atoms with Gasteiger partial charge in [0.1, 0.15) is 11.4 Å². The topological polar surface area (TPSA) is 68.5 Å². The number of fused-ring (bicyclic) bond motifs is 2. The molecule has 3 aromatic heterocycles. The van der Waals surface area contributed by atoms with E-state index >= 15 is 0 Å². The third kappa shape index (κ3) is 3.39. The first-order chi connectivity index (χ1) is 16.6. The second kappa shape index (κ2) is 7.70. The molecule has 1 N–H and O–H groups in total. The van der Waals surface area contributed by atoms with Gasteiger partial charge in [-0.2, -0.15) is 0 Å². The summed E-state index contributed by atoms with van der Waals surface area (Å²) in [5.74, 6) is 0.586. The van der Waals surface area contributed by atoms with E-state index in [0.29, 0.717) is 11.3 Å². The molecular formula is C28H24N4O2. The van der Waals surface area contributed by atoms with Gasteiger partial charge in [0.25, 0.3) is 5.91 Å². The molecule has 1 amide bonds. The van der Waals surface area contributed by atoms with E-state index < -0.39 is 5.54 Å². The van der Waals surface area contributed by atoms with E-state index in [-0.39, 0.29) is 5.91 Å². The van der Waals surface area contributed by atoms with Gasteiger partial charge in [0, 0.05) is 35.7 Å². The van der Waals surface area contributed by atoms with E-state index in [2.05, 4.69) is 45.7 Å². The van der Waals surface area contributed by atoms with Crippen molar-refractivity contribution in [2.45, 2.75) is 25.3 Å². The maximum Gasteiger partial charge on any atom is 0.252 e. The molecule has 0 aliphatic heterocycles. The third-order valence-electron chi connectivity index (χ3n) is 6.75. The van der Waals surface area contributed by atoms with E-state index in [1.807, 2.05) is 48.0 Å². The molecular weight excluding hydrogens is 424 g/mol. The quantitative estimate of drug-likeness (QED) is 0.397. The smallest absolute Gasteiger partial charge is 0.252 e.